The number of nitrogens with two attached hydrogens (primary N) is 1. The first-order valence-corrected chi connectivity index (χ1v) is 3.16. The maximum atomic E-state index is 12.5. The Morgan fingerprint density at radius 2 is 2.08 bits per heavy atom. The Balaban J connectivity index is 0.00000121. The standard InChI is InChI=1S/C6H9F2NO2.ClH/c1-11-4(10)5(3-9)2-6(5,7)8;/h2-3,9H2,1H3;1H. The lowest BCUT2D eigenvalue weighted by Gasteiger charge is -2.09. The van der Waals surface area contributed by atoms with Gasteiger partial charge in [0.05, 0.1) is 7.11 Å². The van der Waals surface area contributed by atoms with Crippen LogP contribution in [0.25, 0.3) is 0 Å². The fourth-order valence-electron chi connectivity index (χ4n) is 1.06. The van der Waals surface area contributed by atoms with E-state index in [0.717, 1.165) is 7.11 Å². The molecule has 3 nitrogen and oxygen atoms in total. The second kappa shape index (κ2) is 3.14. The van der Waals surface area contributed by atoms with E-state index in [9.17, 15) is 13.6 Å². The number of carbonyl (C=O) groups excluding carboxylic acids is 1. The maximum Gasteiger partial charge on any atom is 0.319 e. The second-order valence-electron chi connectivity index (χ2n) is 2.66. The van der Waals surface area contributed by atoms with Crippen LogP contribution in [0.1, 0.15) is 6.42 Å². The lowest BCUT2D eigenvalue weighted by Crippen LogP contribution is -2.32. The normalized spacial score (nSPS) is 30.3. The molecule has 1 saturated carbocycles. The largest absolute Gasteiger partial charge is 0.468 e. The molecule has 1 aliphatic rings. The first-order chi connectivity index (χ1) is 5.00. The monoisotopic (exact) mass is 201 g/mol. The van der Waals surface area contributed by atoms with Crippen LogP contribution in [-0.4, -0.2) is 25.5 Å². The van der Waals surface area contributed by atoms with E-state index in [1.165, 1.54) is 0 Å². The zero-order valence-corrected chi connectivity index (χ0v) is 7.29. The SMILES string of the molecule is COC(=O)C1(CN)CC1(F)F.Cl. The highest BCUT2D eigenvalue weighted by Crippen LogP contribution is 2.60. The topological polar surface area (TPSA) is 52.3 Å². The summed E-state index contributed by atoms with van der Waals surface area (Å²) in [6, 6.07) is 0. The van der Waals surface area contributed by atoms with Crippen molar-refractivity contribution >= 4 is 18.4 Å². The third-order valence-corrected chi connectivity index (χ3v) is 2.02. The second-order valence-corrected chi connectivity index (χ2v) is 2.66. The number of ether oxygens (including phenoxy) is 1. The highest BCUT2D eigenvalue weighted by atomic mass is 35.5. The van der Waals surface area contributed by atoms with Crippen molar-refractivity contribution in [3.63, 3.8) is 0 Å². The van der Waals surface area contributed by atoms with Crippen LogP contribution < -0.4 is 5.73 Å². The maximum absolute atomic E-state index is 12.5. The Kier molecular flexibility index (Phi) is 3.03. The van der Waals surface area contributed by atoms with E-state index in [1.807, 2.05) is 0 Å². The van der Waals surface area contributed by atoms with Gasteiger partial charge >= 0.3 is 5.97 Å². The Morgan fingerprint density at radius 1 is 1.67 bits per heavy atom. The van der Waals surface area contributed by atoms with E-state index < -0.39 is 23.7 Å². The molecule has 0 spiro atoms. The number of halogens is 3. The van der Waals surface area contributed by atoms with Crippen LogP contribution in [0, 0.1) is 5.41 Å². The fourth-order valence-corrected chi connectivity index (χ4v) is 1.06. The third kappa shape index (κ3) is 1.27. The van der Waals surface area contributed by atoms with Crippen LogP contribution in [0.15, 0.2) is 0 Å². The molecule has 0 aliphatic heterocycles. The van der Waals surface area contributed by atoms with E-state index in [4.69, 9.17) is 5.73 Å². The van der Waals surface area contributed by atoms with Crippen molar-refractivity contribution in [1.29, 1.82) is 0 Å². The van der Waals surface area contributed by atoms with Crippen molar-refractivity contribution in [3.8, 4) is 0 Å². The Bertz CT molecular complexity index is 200. The van der Waals surface area contributed by atoms with Crippen LogP contribution in [0.5, 0.6) is 0 Å². The Labute approximate surface area is 74.7 Å². The number of alkyl halides is 2. The van der Waals surface area contributed by atoms with Crippen LogP contribution in [-0.2, 0) is 9.53 Å². The Morgan fingerprint density at radius 3 is 2.17 bits per heavy atom. The molecule has 12 heavy (non-hydrogen) atoms. The van der Waals surface area contributed by atoms with Gasteiger partial charge in [0.25, 0.3) is 5.92 Å². The molecule has 0 amide bonds. The Hall–Kier alpha value is -0.420. The minimum atomic E-state index is -2.96. The summed E-state index contributed by atoms with van der Waals surface area (Å²) in [5, 5.41) is 0. The number of carbonyl (C=O) groups is 1. The number of rotatable bonds is 2. The first-order valence-electron chi connectivity index (χ1n) is 3.16. The fraction of sp³-hybridized carbons (Fsp3) is 0.833. The minimum Gasteiger partial charge on any atom is -0.468 e. The molecule has 1 fully saturated rings. The van der Waals surface area contributed by atoms with Crippen LogP contribution in [0.4, 0.5) is 8.78 Å². The molecule has 1 aliphatic carbocycles. The summed E-state index contributed by atoms with van der Waals surface area (Å²) >= 11 is 0. The van der Waals surface area contributed by atoms with E-state index in [1.54, 1.807) is 0 Å². The first kappa shape index (κ1) is 11.6. The number of esters is 1. The molecular formula is C6H10ClF2NO2. The summed E-state index contributed by atoms with van der Waals surface area (Å²) in [5.41, 5.74) is 3.32. The summed E-state index contributed by atoms with van der Waals surface area (Å²) in [6.07, 6.45) is -0.483. The zero-order valence-electron chi connectivity index (χ0n) is 6.47. The molecule has 0 aromatic heterocycles. The predicted octanol–water partition coefficient (Wildman–Crippen LogP) is 0.565. The van der Waals surface area contributed by atoms with Gasteiger partial charge in [0, 0.05) is 13.0 Å². The summed E-state index contributed by atoms with van der Waals surface area (Å²) < 4.78 is 29.2. The molecule has 1 atom stereocenters. The van der Waals surface area contributed by atoms with Gasteiger partial charge in [-0.2, -0.15) is 0 Å². The molecule has 72 valence electrons. The van der Waals surface area contributed by atoms with E-state index in [-0.39, 0.29) is 19.0 Å². The van der Waals surface area contributed by atoms with Gasteiger partial charge in [0.1, 0.15) is 5.41 Å². The van der Waals surface area contributed by atoms with Crippen LogP contribution in [0.3, 0.4) is 0 Å². The minimum absolute atomic E-state index is 0. The predicted molar refractivity (Wildman–Crippen MR) is 40.3 cm³/mol. The van der Waals surface area contributed by atoms with Gasteiger partial charge in [0.15, 0.2) is 0 Å². The van der Waals surface area contributed by atoms with Gasteiger partial charge in [-0.15, -0.1) is 12.4 Å². The van der Waals surface area contributed by atoms with Crippen molar-refractivity contribution in [2.24, 2.45) is 11.1 Å². The molecule has 0 aromatic rings. The molecule has 6 heteroatoms. The van der Waals surface area contributed by atoms with Crippen molar-refractivity contribution in [3.05, 3.63) is 0 Å². The van der Waals surface area contributed by atoms with Gasteiger partial charge in [0.2, 0.25) is 0 Å². The number of hydrogen-bond acceptors (Lipinski definition) is 3. The zero-order chi connectivity index (χ0) is 8.70. The molecular weight excluding hydrogens is 192 g/mol. The van der Waals surface area contributed by atoms with Crippen molar-refractivity contribution in [2.75, 3.05) is 13.7 Å². The van der Waals surface area contributed by atoms with Gasteiger partial charge in [-0.05, 0) is 0 Å². The summed E-state index contributed by atoms with van der Waals surface area (Å²) in [7, 11) is 1.08. The van der Waals surface area contributed by atoms with E-state index in [0.29, 0.717) is 0 Å². The molecule has 0 bridgehead atoms. The van der Waals surface area contributed by atoms with Crippen molar-refractivity contribution in [2.45, 2.75) is 12.3 Å². The lowest BCUT2D eigenvalue weighted by molar-refractivity contribution is -0.150. The highest BCUT2D eigenvalue weighted by Gasteiger charge is 2.76. The molecule has 1 unspecified atom stereocenters. The average molecular weight is 202 g/mol. The lowest BCUT2D eigenvalue weighted by atomic mass is 10.1. The number of hydrogen-bond donors (Lipinski definition) is 1. The van der Waals surface area contributed by atoms with Crippen LogP contribution >= 0.6 is 12.4 Å². The van der Waals surface area contributed by atoms with Crippen LogP contribution in [0.2, 0.25) is 0 Å². The third-order valence-electron chi connectivity index (χ3n) is 2.02. The average Bonchev–Trinajstić information content (AvgIpc) is 2.53. The molecule has 1 rings (SSSR count). The summed E-state index contributed by atoms with van der Waals surface area (Å²) in [5.74, 6) is -3.88. The van der Waals surface area contributed by atoms with Gasteiger partial charge in [-0.25, -0.2) is 8.78 Å². The molecule has 2 N–H and O–H groups in total. The summed E-state index contributed by atoms with van der Waals surface area (Å²) in [6.45, 7) is -0.354. The van der Waals surface area contributed by atoms with Crippen molar-refractivity contribution < 1.29 is 18.3 Å². The number of methoxy groups -OCH3 is 1. The quantitative estimate of drug-likeness (QED) is 0.665. The summed E-state index contributed by atoms with van der Waals surface area (Å²) in [4.78, 5) is 10.8. The molecule has 0 saturated heterocycles. The highest BCUT2D eigenvalue weighted by molar-refractivity contribution is 5.85. The van der Waals surface area contributed by atoms with Crippen molar-refractivity contribution in [1.82, 2.24) is 0 Å². The molecule has 0 aromatic carbocycles. The van der Waals surface area contributed by atoms with Gasteiger partial charge < -0.3 is 10.5 Å². The molecule has 0 heterocycles. The smallest absolute Gasteiger partial charge is 0.319 e. The van der Waals surface area contributed by atoms with Gasteiger partial charge in [-0.3, -0.25) is 4.79 Å². The van der Waals surface area contributed by atoms with Gasteiger partial charge in [-0.1, -0.05) is 0 Å². The molecule has 0 radical (unpaired) electrons. The van der Waals surface area contributed by atoms with E-state index >= 15 is 0 Å². The van der Waals surface area contributed by atoms with E-state index in [2.05, 4.69) is 4.74 Å².